The zero-order valence-electron chi connectivity index (χ0n) is 9.35. The summed E-state index contributed by atoms with van der Waals surface area (Å²) in [7, 11) is 0. The Balaban J connectivity index is 2.29. The Labute approximate surface area is 108 Å². The van der Waals surface area contributed by atoms with E-state index in [4.69, 9.17) is 16.0 Å². The van der Waals surface area contributed by atoms with Gasteiger partial charge in [-0.1, -0.05) is 35.9 Å². The maximum Gasteiger partial charge on any atom is 0.161 e. The van der Waals surface area contributed by atoms with E-state index >= 15 is 0 Å². The molecule has 0 unspecified atom stereocenters. The van der Waals surface area contributed by atoms with Crippen molar-refractivity contribution in [2.24, 2.45) is 0 Å². The highest BCUT2D eigenvalue weighted by atomic mass is 35.5. The van der Waals surface area contributed by atoms with Crippen LogP contribution in [0.4, 0.5) is 0 Å². The SMILES string of the molecule is Clc1ccc2c(c1)oc1c3ccccc3cnc21. The second-order valence-corrected chi connectivity index (χ2v) is 4.70. The van der Waals surface area contributed by atoms with Crippen LogP contribution in [0.3, 0.4) is 0 Å². The molecule has 4 rings (SSSR count). The highest BCUT2D eigenvalue weighted by Crippen LogP contribution is 2.33. The summed E-state index contributed by atoms with van der Waals surface area (Å²) in [5.41, 5.74) is 2.49. The van der Waals surface area contributed by atoms with Crippen molar-refractivity contribution in [1.82, 2.24) is 4.98 Å². The molecular weight excluding hydrogens is 246 g/mol. The molecule has 2 heterocycles. The van der Waals surface area contributed by atoms with Crippen LogP contribution in [0.5, 0.6) is 0 Å². The van der Waals surface area contributed by atoms with Gasteiger partial charge in [-0.2, -0.15) is 0 Å². The molecule has 4 aromatic rings. The first kappa shape index (κ1) is 9.92. The van der Waals surface area contributed by atoms with E-state index in [1.807, 2.05) is 48.7 Å². The van der Waals surface area contributed by atoms with Crippen LogP contribution in [-0.4, -0.2) is 4.98 Å². The smallest absolute Gasteiger partial charge is 0.161 e. The molecule has 0 aliphatic carbocycles. The molecular formula is C15H8ClNO. The average Bonchev–Trinajstić information content (AvgIpc) is 2.76. The Morgan fingerprint density at radius 1 is 1.00 bits per heavy atom. The molecule has 0 atom stereocenters. The van der Waals surface area contributed by atoms with E-state index in [9.17, 15) is 0 Å². The van der Waals surface area contributed by atoms with Gasteiger partial charge in [0.05, 0.1) is 0 Å². The van der Waals surface area contributed by atoms with E-state index in [0.717, 1.165) is 32.8 Å². The van der Waals surface area contributed by atoms with Gasteiger partial charge in [-0.25, -0.2) is 0 Å². The van der Waals surface area contributed by atoms with Crippen molar-refractivity contribution >= 4 is 44.4 Å². The van der Waals surface area contributed by atoms with Gasteiger partial charge in [0.15, 0.2) is 5.58 Å². The first-order chi connectivity index (χ1) is 8.83. The molecule has 3 heteroatoms. The predicted molar refractivity (Wildman–Crippen MR) is 74.0 cm³/mol. The molecule has 0 spiro atoms. The van der Waals surface area contributed by atoms with Crippen molar-refractivity contribution in [3.8, 4) is 0 Å². The monoisotopic (exact) mass is 253 g/mol. The van der Waals surface area contributed by atoms with E-state index in [1.165, 1.54) is 0 Å². The molecule has 0 saturated heterocycles. The van der Waals surface area contributed by atoms with Gasteiger partial charge in [0.25, 0.3) is 0 Å². The molecule has 0 aliphatic rings. The lowest BCUT2D eigenvalue weighted by Crippen LogP contribution is -1.77. The maximum absolute atomic E-state index is 5.98. The largest absolute Gasteiger partial charge is 0.454 e. The number of benzene rings is 2. The lowest BCUT2D eigenvalue weighted by Gasteiger charge is -1.96. The van der Waals surface area contributed by atoms with Crippen LogP contribution >= 0.6 is 11.6 Å². The zero-order chi connectivity index (χ0) is 12.1. The molecule has 0 N–H and O–H groups in total. The van der Waals surface area contributed by atoms with Gasteiger partial charge in [-0.3, -0.25) is 4.98 Å². The maximum atomic E-state index is 5.98. The van der Waals surface area contributed by atoms with Crippen molar-refractivity contribution in [3.05, 3.63) is 53.7 Å². The fourth-order valence-corrected chi connectivity index (χ4v) is 2.48. The van der Waals surface area contributed by atoms with E-state index in [0.29, 0.717) is 5.02 Å². The summed E-state index contributed by atoms with van der Waals surface area (Å²) in [6, 6.07) is 13.7. The van der Waals surface area contributed by atoms with Crippen LogP contribution in [-0.2, 0) is 0 Å². The predicted octanol–water partition coefficient (Wildman–Crippen LogP) is 4.79. The average molecular weight is 254 g/mol. The topological polar surface area (TPSA) is 26.0 Å². The summed E-state index contributed by atoms with van der Waals surface area (Å²) in [5, 5.41) is 3.83. The molecule has 2 aromatic carbocycles. The van der Waals surface area contributed by atoms with Crippen molar-refractivity contribution in [1.29, 1.82) is 0 Å². The fraction of sp³-hybridized carbons (Fsp3) is 0. The second-order valence-electron chi connectivity index (χ2n) is 4.27. The standard InChI is InChI=1S/C15H8ClNO/c16-10-5-6-12-13(7-10)18-15-11-4-2-1-3-9(11)8-17-14(12)15/h1-8H. The Morgan fingerprint density at radius 3 is 2.83 bits per heavy atom. The number of hydrogen-bond donors (Lipinski definition) is 0. The van der Waals surface area contributed by atoms with Crippen LogP contribution in [0.2, 0.25) is 5.02 Å². The Hall–Kier alpha value is -2.06. The van der Waals surface area contributed by atoms with E-state index < -0.39 is 0 Å². The van der Waals surface area contributed by atoms with Gasteiger partial charge in [0.1, 0.15) is 11.1 Å². The number of nitrogens with zero attached hydrogens (tertiary/aromatic N) is 1. The summed E-state index contributed by atoms with van der Waals surface area (Å²) in [6.07, 6.45) is 1.88. The summed E-state index contributed by atoms with van der Waals surface area (Å²) in [4.78, 5) is 4.49. The number of fused-ring (bicyclic) bond motifs is 5. The number of hydrogen-bond acceptors (Lipinski definition) is 2. The van der Waals surface area contributed by atoms with Crippen molar-refractivity contribution in [2.45, 2.75) is 0 Å². The minimum atomic E-state index is 0.672. The number of furan rings is 1. The Kier molecular flexibility index (Phi) is 1.91. The van der Waals surface area contributed by atoms with Crippen LogP contribution in [0.15, 0.2) is 53.1 Å². The molecule has 2 nitrogen and oxygen atoms in total. The Morgan fingerprint density at radius 2 is 1.89 bits per heavy atom. The van der Waals surface area contributed by atoms with Crippen LogP contribution < -0.4 is 0 Å². The van der Waals surface area contributed by atoms with E-state index in [-0.39, 0.29) is 0 Å². The van der Waals surface area contributed by atoms with Gasteiger partial charge >= 0.3 is 0 Å². The van der Waals surface area contributed by atoms with Gasteiger partial charge in [0.2, 0.25) is 0 Å². The molecule has 0 saturated carbocycles. The molecule has 86 valence electrons. The fourth-order valence-electron chi connectivity index (χ4n) is 2.32. The van der Waals surface area contributed by atoms with Crippen molar-refractivity contribution in [3.63, 3.8) is 0 Å². The van der Waals surface area contributed by atoms with Crippen molar-refractivity contribution < 1.29 is 4.42 Å². The highest BCUT2D eigenvalue weighted by Gasteiger charge is 2.11. The number of rotatable bonds is 0. The van der Waals surface area contributed by atoms with E-state index in [1.54, 1.807) is 0 Å². The molecule has 0 radical (unpaired) electrons. The van der Waals surface area contributed by atoms with Crippen molar-refractivity contribution in [2.75, 3.05) is 0 Å². The lowest BCUT2D eigenvalue weighted by molar-refractivity contribution is 0.672. The summed E-state index contributed by atoms with van der Waals surface area (Å²) in [5.74, 6) is 0. The number of halogens is 1. The highest BCUT2D eigenvalue weighted by molar-refractivity contribution is 6.31. The minimum absolute atomic E-state index is 0.672. The van der Waals surface area contributed by atoms with E-state index in [2.05, 4.69) is 4.98 Å². The molecule has 0 amide bonds. The summed E-state index contributed by atoms with van der Waals surface area (Å²) < 4.78 is 5.90. The second kappa shape index (κ2) is 3.47. The van der Waals surface area contributed by atoms with Crippen LogP contribution in [0.25, 0.3) is 32.8 Å². The molecule has 0 fully saturated rings. The minimum Gasteiger partial charge on any atom is -0.454 e. The van der Waals surface area contributed by atoms with Crippen LogP contribution in [0, 0.1) is 0 Å². The molecule has 18 heavy (non-hydrogen) atoms. The summed E-state index contributed by atoms with van der Waals surface area (Å²) in [6.45, 7) is 0. The number of pyridine rings is 1. The zero-order valence-corrected chi connectivity index (χ0v) is 10.1. The first-order valence-electron chi connectivity index (χ1n) is 5.68. The third-order valence-electron chi connectivity index (χ3n) is 3.16. The van der Waals surface area contributed by atoms with Gasteiger partial charge in [-0.05, 0) is 12.1 Å². The molecule has 0 aliphatic heterocycles. The summed E-state index contributed by atoms with van der Waals surface area (Å²) >= 11 is 5.98. The van der Waals surface area contributed by atoms with Gasteiger partial charge in [0, 0.05) is 33.4 Å². The third kappa shape index (κ3) is 1.27. The van der Waals surface area contributed by atoms with Gasteiger partial charge < -0.3 is 4.42 Å². The normalized spacial score (nSPS) is 11.6. The first-order valence-corrected chi connectivity index (χ1v) is 6.06. The van der Waals surface area contributed by atoms with Gasteiger partial charge in [-0.15, -0.1) is 0 Å². The molecule has 0 bridgehead atoms. The quantitative estimate of drug-likeness (QED) is 0.450. The third-order valence-corrected chi connectivity index (χ3v) is 3.40. The lowest BCUT2D eigenvalue weighted by atomic mass is 10.1. The number of aromatic nitrogens is 1. The Bertz CT molecular complexity index is 895. The van der Waals surface area contributed by atoms with Crippen LogP contribution in [0.1, 0.15) is 0 Å². The molecule has 2 aromatic heterocycles.